The SMILES string of the molecule is CCC(NC(=O)C1CO1)c1ccc2c(c1)CC(C)(C)O2. The van der Waals surface area contributed by atoms with Crippen LogP contribution in [0.3, 0.4) is 0 Å². The Morgan fingerprint density at radius 1 is 1.50 bits per heavy atom. The first-order valence-corrected chi connectivity index (χ1v) is 7.22. The van der Waals surface area contributed by atoms with Crippen LogP contribution in [0.2, 0.25) is 0 Å². The molecule has 0 spiro atoms. The predicted octanol–water partition coefficient (Wildman–Crippen LogP) is 2.37. The van der Waals surface area contributed by atoms with Gasteiger partial charge in [0.05, 0.1) is 12.6 Å². The summed E-state index contributed by atoms with van der Waals surface area (Å²) in [5.41, 5.74) is 2.23. The summed E-state index contributed by atoms with van der Waals surface area (Å²) in [6, 6.07) is 6.26. The number of benzene rings is 1. The number of amides is 1. The zero-order valence-corrected chi connectivity index (χ0v) is 12.2. The van der Waals surface area contributed by atoms with Gasteiger partial charge in [0.15, 0.2) is 6.10 Å². The number of ether oxygens (including phenoxy) is 2. The van der Waals surface area contributed by atoms with Crippen molar-refractivity contribution >= 4 is 5.91 Å². The second-order valence-corrected chi connectivity index (χ2v) is 6.20. The molecule has 2 heterocycles. The van der Waals surface area contributed by atoms with Crippen molar-refractivity contribution in [1.82, 2.24) is 5.32 Å². The van der Waals surface area contributed by atoms with Crippen LogP contribution < -0.4 is 10.1 Å². The maximum Gasteiger partial charge on any atom is 0.252 e. The van der Waals surface area contributed by atoms with Gasteiger partial charge in [-0.05, 0) is 43.5 Å². The van der Waals surface area contributed by atoms with Crippen molar-refractivity contribution in [2.24, 2.45) is 0 Å². The van der Waals surface area contributed by atoms with Crippen LogP contribution in [0.4, 0.5) is 0 Å². The molecule has 1 aromatic carbocycles. The largest absolute Gasteiger partial charge is 0.487 e. The molecule has 4 heteroatoms. The second kappa shape index (κ2) is 4.77. The van der Waals surface area contributed by atoms with Crippen molar-refractivity contribution in [1.29, 1.82) is 0 Å². The molecule has 0 radical (unpaired) electrons. The first kappa shape index (κ1) is 13.4. The Morgan fingerprint density at radius 3 is 2.90 bits per heavy atom. The molecule has 4 nitrogen and oxygen atoms in total. The summed E-state index contributed by atoms with van der Waals surface area (Å²) in [6.07, 6.45) is 1.54. The van der Waals surface area contributed by atoms with Gasteiger partial charge < -0.3 is 14.8 Å². The summed E-state index contributed by atoms with van der Waals surface area (Å²) in [6.45, 7) is 6.81. The van der Waals surface area contributed by atoms with Crippen LogP contribution in [0.5, 0.6) is 5.75 Å². The number of nitrogens with one attached hydrogen (secondary N) is 1. The van der Waals surface area contributed by atoms with Crippen LogP contribution in [0.1, 0.15) is 44.4 Å². The monoisotopic (exact) mass is 275 g/mol. The Hall–Kier alpha value is -1.55. The van der Waals surface area contributed by atoms with Gasteiger partial charge in [-0.3, -0.25) is 4.79 Å². The zero-order chi connectivity index (χ0) is 14.3. The molecule has 1 fully saturated rings. The molecular formula is C16H21NO3. The normalized spacial score (nSPS) is 23.6. The average molecular weight is 275 g/mol. The number of rotatable bonds is 4. The molecule has 0 bridgehead atoms. The molecule has 2 aliphatic heterocycles. The number of hydrogen-bond donors (Lipinski definition) is 1. The van der Waals surface area contributed by atoms with E-state index in [0.29, 0.717) is 6.61 Å². The van der Waals surface area contributed by atoms with Crippen LogP contribution in [-0.2, 0) is 16.0 Å². The molecule has 2 aliphatic rings. The molecule has 108 valence electrons. The minimum absolute atomic E-state index is 0.00562. The van der Waals surface area contributed by atoms with Crippen LogP contribution in [0, 0.1) is 0 Å². The summed E-state index contributed by atoms with van der Waals surface area (Å²) in [4.78, 5) is 11.8. The van der Waals surface area contributed by atoms with Crippen molar-refractivity contribution in [2.75, 3.05) is 6.61 Å². The molecule has 2 atom stereocenters. The van der Waals surface area contributed by atoms with Gasteiger partial charge in [0.2, 0.25) is 0 Å². The minimum Gasteiger partial charge on any atom is -0.487 e. The maximum atomic E-state index is 11.8. The first-order valence-electron chi connectivity index (χ1n) is 7.22. The lowest BCUT2D eigenvalue weighted by Crippen LogP contribution is -2.31. The summed E-state index contributed by atoms with van der Waals surface area (Å²) < 4.78 is 10.9. The number of carbonyl (C=O) groups excluding carboxylic acids is 1. The van der Waals surface area contributed by atoms with Crippen LogP contribution in [0.25, 0.3) is 0 Å². The van der Waals surface area contributed by atoms with E-state index in [1.54, 1.807) is 0 Å². The first-order chi connectivity index (χ1) is 9.48. The summed E-state index contributed by atoms with van der Waals surface area (Å²) in [5.74, 6) is 0.958. The van der Waals surface area contributed by atoms with Crippen molar-refractivity contribution in [3.63, 3.8) is 0 Å². The van der Waals surface area contributed by atoms with Gasteiger partial charge in [-0.1, -0.05) is 13.0 Å². The fourth-order valence-corrected chi connectivity index (χ4v) is 2.73. The fraction of sp³-hybridized carbons (Fsp3) is 0.562. The highest BCUT2D eigenvalue weighted by Gasteiger charge is 2.33. The lowest BCUT2D eigenvalue weighted by molar-refractivity contribution is -0.123. The number of fused-ring (bicyclic) bond motifs is 1. The van der Waals surface area contributed by atoms with Gasteiger partial charge >= 0.3 is 0 Å². The van der Waals surface area contributed by atoms with E-state index in [1.165, 1.54) is 5.56 Å². The van der Waals surface area contributed by atoms with Gasteiger partial charge in [-0.2, -0.15) is 0 Å². The zero-order valence-electron chi connectivity index (χ0n) is 12.2. The third-order valence-electron chi connectivity index (χ3n) is 3.84. The molecular weight excluding hydrogens is 254 g/mol. The Bertz CT molecular complexity index is 535. The summed E-state index contributed by atoms with van der Waals surface area (Å²) in [7, 11) is 0. The third-order valence-corrected chi connectivity index (χ3v) is 3.84. The Labute approximate surface area is 119 Å². The van der Waals surface area contributed by atoms with E-state index in [9.17, 15) is 4.79 Å². The quantitative estimate of drug-likeness (QED) is 0.858. The molecule has 1 N–H and O–H groups in total. The standard InChI is InChI=1S/C16H21NO3/c1-4-12(17-15(18)14-9-19-14)10-5-6-13-11(7-10)8-16(2,3)20-13/h5-7,12,14H,4,8-9H2,1-3H3,(H,17,18). The number of carbonyl (C=O) groups is 1. The van der Waals surface area contributed by atoms with Crippen LogP contribution in [-0.4, -0.2) is 24.2 Å². The lowest BCUT2D eigenvalue weighted by atomic mass is 9.97. The molecule has 20 heavy (non-hydrogen) atoms. The average Bonchev–Trinajstić information content (AvgIpc) is 3.17. The topological polar surface area (TPSA) is 50.9 Å². The van der Waals surface area contributed by atoms with E-state index < -0.39 is 0 Å². The summed E-state index contributed by atoms with van der Waals surface area (Å²) in [5, 5.41) is 3.05. The number of hydrogen-bond acceptors (Lipinski definition) is 3. The molecule has 1 amide bonds. The number of epoxide rings is 1. The van der Waals surface area contributed by atoms with Gasteiger partial charge in [-0.25, -0.2) is 0 Å². The molecule has 3 rings (SSSR count). The Morgan fingerprint density at radius 2 is 2.25 bits per heavy atom. The van der Waals surface area contributed by atoms with E-state index in [4.69, 9.17) is 9.47 Å². The molecule has 0 aromatic heterocycles. The second-order valence-electron chi connectivity index (χ2n) is 6.20. The van der Waals surface area contributed by atoms with E-state index in [2.05, 4.69) is 32.2 Å². The Kier molecular flexibility index (Phi) is 3.21. The highest BCUT2D eigenvalue weighted by molar-refractivity contribution is 5.83. The van der Waals surface area contributed by atoms with Gasteiger partial charge in [0.25, 0.3) is 5.91 Å². The fourth-order valence-electron chi connectivity index (χ4n) is 2.73. The molecule has 0 aliphatic carbocycles. The van der Waals surface area contributed by atoms with E-state index in [-0.39, 0.29) is 23.7 Å². The molecule has 2 unspecified atom stereocenters. The van der Waals surface area contributed by atoms with E-state index in [1.807, 2.05) is 12.1 Å². The van der Waals surface area contributed by atoms with Crippen LogP contribution >= 0.6 is 0 Å². The summed E-state index contributed by atoms with van der Waals surface area (Å²) >= 11 is 0. The van der Waals surface area contributed by atoms with E-state index in [0.717, 1.165) is 24.2 Å². The maximum absolute atomic E-state index is 11.8. The van der Waals surface area contributed by atoms with E-state index >= 15 is 0 Å². The highest BCUT2D eigenvalue weighted by Crippen LogP contribution is 2.36. The van der Waals surface area contributed by atoms with Crippen molar-refractivity contribution < 1.29 is 14.3 Å². The smallest absolute Gasteiger partial charge is 0.252 e. The highest BCUT2D eigenvalue weighted by atomic mass is 16.6. The van der Waals surface area contributed by atoms with Crippen molar-refractivity contribution in [3.05, 3.63) is 29.3 Å². The minimum atomic E-state index is -0.235. The Balaban J connectivity index is 1.77. The molecule has 0 saturated carbocycles. The van der Waals surface area contributed by atoms with Crippen molar-refractivity contribution in [2.45, 2.75) is 51.4 Å². The lowest BCUT2D eigenvalue weighted by Gasteiger charge is -2.17. The van der Waals surface area contributed by atoms with Gasteiger partial charge in [0, 0.05) is 6.42 Å². The van der Waals surface area contributed by atoms with Gasteiger partial charge in [0.1, 0.15) is 11.4 Å². The predicted molar refractivity (Wildman–Crippen MR) is 75.8 cm³/mol. The van der Waals surface area contributed by atoms with Crippen LogP contribution in [0.15, 0.2) is 18.2 Å². The third kappa shape index (κ3) is 2.66. The van der Waals surface area contributed by atoms with Gasteiger partial charge in [-0.15, -0.1) is 0 Å². The molecule has 1 aromatic rings. The van der Waals surface area contributed by atoms with Crippen molar-refractivity contribution in [3.8, 4) is 5.75 Å². The molecule has 1 saturated heterocycles.